The molecular weight excluding hydrogens is 701 g/mol. The van der Waals surface area contributed by atoms with Crippen LogP contribution in [0.2, 0.25) is 10.1 Å². The van der Waals surface area contributed by atoms with Gasteiger partial charge in [-0.3, -0.25) is 0 Å². The van der Waals surface area contributed by atoms with Crippen LogP contribution in [0.15, 0.2) is 121 Å². The maximum atomic E-state index is 10.7. The lowest BCUT2D eigenvalue weighted by Gasteiger charge is -2.45. The molecule has 5 nitrogen and oxygen atoms in total. The van der Waals surface area contributed by atoms with Gasteiger partial charge in [0.25, 0.3) is 16.6 Å². The molecule has 4 aromatic rings. The van der Waals surface area contributed by atoms with Gasteiger partial charge >= 0.3 is 0 Å². The summed E-state index contributed by atoms with van der Waals surface area (Å²) < 4.78 is 27.2. The maximum absolute atomic E-state index is 10.7. The quantitative estimate of drug-likeness (QED) is 0.0406. The first kappa shape index (κ1) is 43.6. The number of aldehydes is 1. The summed E-state index contributed by atoms with van der Waals surface area (Å²) in [6.45, 7) is 17.0. The number of ether oxygens (including phenoxy) is 2. The van der Waals surface area contributed by atoms with Crippen molar-refractivity contribution in [1.29, 1.82) is 0 Å². The highest BCUT2D eigenvalue weighted by molar-refractivity contribution is 7.00. The standard InChI is InChI=1S/C47H66O5Si2/c1-46(2,3)53(42-27-15-11-16-28-42,43-29-17-12-18-30-43)51-38-26-10-9-25-37-50-40-41(39-49-36-24-8-7-23-35-48)52-54(47(4,5)6,44-31-19-13-20-32-44)45-33-21-14-22-34-45/h11-22,27-35,41H,7-10,23-26,36-40H2,1-6H3. The van der Waals surface area contributed by atoms with Crippen LogP contribution in [0.5, 0.6) is 0 Å². The highest BCUT2D eigenvalue weighted by Gasteiger charge is 2.52. The average Bonchev–Trinajstić information content (AvgIpc) is 3.17. The van der Waals surface area contributed by atoms with Gasteiger partial charge in [0.1, 0.15) is 6.29 Å². The monoisotopic (exact) mass is 766 g/mol. The van der Waals surface area contributed by atoms with Crippen LogP contribution in [0.1, 0.15) is 92.9 Å². The summed E-state index contributed by atoms with van der Waals surface area (Å²) in [6, 6.07) is 43.3. The van der Waals surface area contributed by atoms with Crippen molar-refractivity contribution in [3.63, 3.8) is 0 Å². The molecule has 0 N–H and O–H groups in total. The largest absolute Gasteiger partial charge is 0.407 e. The summed E-state index contributed by atoms with van der Waals surface area (Å²) >= 11 is 0. The van der Waals surface area contributed by atoms with Crippen molar-refractivity contribution in [2.75, 3.05) is 33.0 Å². The number of unbranched alkanes of at least 4 members (excludes halogenated alkanes) is 6. The van der Waals surface area contributed by atoms with Gasteiger partial charge in [-0.25, -0.2) is 0 Å². The molecule has 0 fully saturated rings. The molecule has 0 bridgehead atoms. The highest BCUT2D eigenvalue weighted by Crippen LogP contribution is 2.38. The Morgan fingerprint density at radius 3 is 1.20 bits per heavy atom. The second-order valence-electron chi connectivity index (χ2n) is 16.5. The molecule has 4 aromatic carbocycles. The van der Waals surface area contributed by atoms with Gasteiger partial charge in [-0.15, -0.1) is 0 Å². The second kappa shape index (κ2) is 21.8. The maximum Gasteiger partial charge on any atom is 0.261 e. The molecule has 4 rings (SSSR count). The van der Waals surface area contributed by atoms with E-state index in [0.29, 0.717) is 32.8 Å². The smallest absolute Gasteiger partial charge is 0.261 e. The van der Waals surface area contributed by atoms with Crippen LogP contribution in [-0.4, -0.2) is 62.1 Å². The number of rotatable bonds is 24. The van der Waals surface area contributed by atoms with E-state index in [1.807, 2.05) is 0 Å². The SMILES string of the molecule is CC(C)(C)[Si](OCCCCCCOCC(COCCCCCC=O)O[Si](c1ccccc1)(c1ccccc1)C(C)(C)C)(c1ccccc1)c1ccccc1. The van der Waals surface area contributed by atoms with Gasteiger partial charge in [0.05, 0.1) is 19.3 Å². The van der Waals surface area contributed by atoms with Crippen LogP contribution < -0.4 is 20.7 Å². The summed E-state index contributed by atoms with van der Waals surface area (Å²) in [4.78, 5) is 10.7. The van der Waals surface area contributed by atoms with Crippen LogP contribution in [0.25, 0.3) is 0 Å². The van der Waals surface area contributed by atoms with Crippen molar-refractivity contribution in [3.8, 4) is 0 Å². The minimum Gasteiger partial charge on any atom is -0.407 e. The second-order valence-corrected chi connectivity index (χ2v) is 25.1. The molecule has 0 amide bonds. The van der Waals surface area contributed by atoms with Crippen molar-refractivity contribution in [2.24, 2.45) is 0 Å². The van der Waals surface area contributed by atoms with Crippen LogP contribution in [0.4, 0.5) is 0 Å². The fourth-order valence-corrected chi connectivity index (χ4v) is 17.0. The molecule has 54 heavy (non-hydrogen) atoms. The van der Waals surface area contributed by atoms with E-state index in [0.717, 1.165) is 57.8 Å². The molecule has 0 spiro atoms. The van der Waals surface area contributed by atoms with Gasteiger partial charge in [-0.2, -0.15) is 0 Å². The molecule has 0 heterocycles. The van der Waals surface area contributed by atoms with E-state index in [2.05, 4.69) is 163 Å². The molecule has 7 heteroatoms. The first-order valence-corrected chi connectivity index (χ1v) is 24.0. The summed E-state index contributed by atoms with van der Waals surface area (Å²) in [7, 11) is -5.29. The molecule has 1 unspecified atom stereocenters. The molecule has 1 atom stereocenters. The third kappa shape index (κ3) is 11.7. The lowest BCUT2D eigenvalue weighted by Crippen LogP contribution is -2.68. The van der Waals surface area contributed by atoms with Crippen molar-refractivity contribution in [1.82, 2.24) is 0 Å². The van der Waals surface area contributed by atoms with Gasteiger partial charge in [0.2, 0.25) is 0 Å². The molecule has 0 aliphatic carbocycles. The normalized spacial score (nSPS) is 13.1. The lowest BCUT2D eigenvalue weighted by atomic mass is 10.2. The molecule has 0 aliphatic rings. The Kier molecular flexibility index (Phi) is 17.6. The third-order valence-electron chi connectivity index (χ3n) is 10.4. The van der Waals surface area contributed by atoms with Crippen LogP contribution in [-0.2, 0) is 23.1 Å². The predicted molar refractivity (Wildman–Crippen MR) is 231 cm³/mol. The average molecular weight is 767 g/mol. The van der Waals surface area contributed by atoms with E-state index in [-0.39, 0.29) is 16.2 Å². The summed E-state index contributed by atoms with van der Waals surface area (Å²) in [5.74, 6) is 0. The fourth-order valence-electron chi connectivity index (χ4n) is 7.74. The van der Waals surface area contributed by atoms with E-state index in [1.165, 1.54) is 20.7 Å². The topological polar surface area (TPSA) is 54.0 Å². The van der Waals surface area contributed by atoms with Gasteiger partial charge in [-0.05, 0) is 56.5 Å². The zero-order chi connectivity index (χ0) is 38.8. The molecule has 0 saturated carbocycles. The highest BCUT2D eigenvalue weighted by atomic mass is 28.4. The molecule has 0 aromatic heterocycles. The van der Waals surface area contributed by atoms with Gasteiger partial charge < -0.3 is 23.1 Å². The van der Waals surface area contributed by atoms with Crippen molar-refractivity contribution in [2.45, 2.75) is 109 Å². The Morgan fingerprint density at radius 2 is 0.833 bits per heavy atom. The molecular formula is C47H66O5Si2. The van der Waals surface area contributed by atoms with E-state index in [1.54, 1.807) is 0 Å². The van der Waals surface area contributed by atoms with Crippen molar-refractivity contribution >= 4 is 43.7 Å². The van der Waals surface area contributed by atoms with Crippen LogP contribution in [0.3, 0.4) is 0 Å². The zero-order valence-corrected chi connectivity index (χ0v) is 35.9. The van der Waals surface area contributed by atoms with E-state index in [4.69, 9.17) is 18.3 Å². The first-order valence-electron chi connectivity index (χ1n) is 20.2. The van der Waals surface area contributed by atoms with E-state index in [9.17, 15) is 4.79 Å². The third-order valence-corrected chi connectivity index (χ3v) is 20.5. The number of carbonyl (C=O) groups excluding carboxylic acids is 1. The lowest BCUT2D eigenvalue weighted by molar-refractivity contribution is -0.107. The Balaban J connectivity index is 1.37. The minimum absolute atomic E-state index is 0.0172. The van der Waals surface area contributed by atoms with Crippen molar-refractivity contribution < 1.29 is 23.1 Å². The van der Waals surface area contributed by atoms with E-state index < -0.39 is 16.6 Å². The Hall–Kier alpha value is -3.18. The zero-order valence-electron chi connectivity index (χ0n) is 33.9. The van der Waals surface area contributed by atoms with Crippen LogP contribution in [0, 0.1) is 0 Å². The minimum atomic E-state index is -2.78. The van der Waals surface area contributed by atoms with Crippen LogP contribution >= 0.6 is 0 Å². The number of hydrogen-bond acceptors (Lipinski definition) is 5. The summed E-state index contributed by atoms with van der Waals surface area (Å²) in [5.41, 5.74) is 0. The van der Waals surface area contributed by atoms with E-state index >= 15 is 0 Å². The number of benzene rings is 4. The molecule has 292 valence electrons. The fraction of sp³-hybridized carbons (Fsp3) is 0.468. The molecule has 0 radical (unpaired) electrons. The Bertz CT molecular complexity index is 1510. The van der Waals surface area contributed by atoms with Gasteiger partial charge in [-0.1, -0.05) is 182 Å². The Morgan fingerprint density at radius 1 is 0.481 bits per heavy atom. The number of hydrogen-bond donors (Lipinski definition) is 0. The summed E-state index contributed by atoms with van der Waals surface area (Å²) in [5, 5.41) is 5.00. The summed E-state index contributed by atoms with van der Waals surface area (Å²) in [6.07, 6.45) is 8.40. The first-order chi connectivity index (χ1) is 26.1. The van der Waals surface area contributed by atoms with Crippen molar-refractivity contribution in [3.05, 3.63) is 121 Å². The Labute approximate surface area is 329 Å². The molecule has 0 saturated heterocycles. The number of carbonyl (C=O) groups is 1. The van der Waals surface area contributed by atoms with Gasteiger partial charge in [0, 0.05) is 26.2 Å². The predicted octanol–water partition coefficient (Wildman–Crippen LogP) is 8.86. The molecule has 0 aliphatic heterocycles. The van der Waals surface area contributed by atoms with Gasteiger partial charge in [0.15, 0.2) is 0 Å².